The third-order valence-corrected chi connectivity index (χ3v) is 5.51. The molecule has 0 fully saturated rings. The second-order valence-electron chi connectivity index (χ2n) is 5.64. The van der Waals surface area contributed by atoms with Crippen molar-refractivity contribution in [1.29, 1.82) is 0 Å². The second kappa shape index (κ2) is 6.35. The van der Waals surface area contributed by atoms with Gasteiger partial charge in [-0.1, -0.05) is 64.8 Å². The van der Waals surface area contributed by atoms with Gasteiger partial charge in [0.25, 0.3) is 5.91 Å². The zero-order chi connectivity index (χ0) is 17.4. The molecule has 0 radical (unpaired) electrons. The molecule has 1 amide bonds. The maximum Gasteiger partial charge on any atom is 0.269 e. The number of anilines is 1. The number of rotatable bonds is 3. The number of nitrogens with one attached hydrogen (secondary N) is 1. The summed E-state index contributed by atoms with van der Waals surface area (Å²) in [6, 6.07) is 17.3. The van der Waals surface area contributed by atoms with Crippen molar-refractivity contribution >= 4 is 44.8 Å². The third-order valence-electron chi connectivity index (χ3n) is 3.84. The minimum Gasteiger partial charge on any atom is -0.338 e. The molecule has 0 spiro atoms. The fourth-order valence-electron chi connectivity index (χ4n) is 2.52. The number of halogens is 1. The van der Waals surface area contributed by atoms with Crippen LogP contribution in [0.15, 0.2) is 59.1 Å². The van der Waals surface area contributed by atoms with Crippen LogP contribution in [0.3, 0.4) is 0 Å². The van der Waals surface area contributed by atoms with Crippen molar-refractivity contribution in [2.45, 2.75) is 6.92 Å². The van der Waals surface area contributed by atoms with E-state index < -0.39 is 0 Å². The standard InChI is InChI=1S/C19H13ClN2O2S/c1-11-6-8-12(9-7-11)14-10-16(24-22-14)21-19(23)18-17(20)13-4-2-3-5-15(13)25-18/h2-10H,1H3,(H,21,23). The lowest BCUT2D eigenvalue weighted by atomic mass is 10.1. The van der Waals surface area contributed by atoms with Gasteiger partial charge < -0.3 is 4.52 Å². The number of hydrogen-bond acceptors (Lipinski definition) is 4. The Morgan fingerprint density at radius 3 is 2.68 bits per heavy atom. The summed E-state index contributed by atoms with van der Waals surface area (Å²) in [6.07, 6.45) is 0. The number of aryl methyl sites for hydroxylation is 1. The minimum absolute atomic E-state index is 0.286. The number of thiophene rings is 1. The molecule has 0 aliphatic carbocycles. The zero-order valence-corrected chi connectivity index (χ0v) is 14.8. The number of carbonyl (C=O) groups is 1. The molecule has 0 unspecified atom stereocenters. The minimum atomic E-state index is -0.308. The number of fused-ring (bicyclic) bond motifs is 1. The summed E-state index contributed by atoms with van der Waals surface area (Å²) in [7, 11) is 0. The fraction of sp³-hybridized carbons (Fsp3) is 0.0526. The Bertz CT molecular complexity index is 1070. The van der Waals surface area contributed by atoms with E-state index in [9.17, 15) is 4.79 Å². The van der Waals surface area contributed by atoms with Crippen LogP contribution in [0.5, 0.6) is 0 Å². The van der Waals surface area contributed by atoms with E-state index in [1.54, 1.807) is 6.07 Å². The molecule has 0 aliphatic rings. The van der Waals surface area contributed by atoms with Crippen LogP contribution in [-0.4, -0.2) is 11.1 Å². The Morgan fingerprint density at radius 1 is 1.16 bits per heavy atom. The lowest BCUT2D eigenvalue weighted by Crippen LogP contribution is -2.09. The molecule has 2 heterocycles. The van der Waals surface area contributed by atoms with Crippen molar-refractivity contribution < 1.29 is 9.32 Å². The van der Waals surface area contributed by atoms with Gasteiger partial charge >= 0.3 is 0 Å². The first-order valence-corrected chi connectivity index (χ1v) is 8.83. The number of benzene rings is 2. The summed E-state index contributed by atoms with van der Waals surface area (Å²) in [6.45, 7) is 2.02. The summed E-state index contributed by atoms with van der Waals surface area (Å²) in [5, 5.41) is 8.06. The van der Waals surface area contributed by atoms with Gasteiger partial charge in [-0.3, -0.25) is 10.1 Å². The monoisotopic (exact) mass is 368 g/mol. The summed E-state index contributed by atoms with van der Waals surface area (Å²) < 4.78 is 6.20. The van der Waals surface area contributed by atoms with Crippen LogP contribution >= 0.6 is 22.9 Å². The molecular formula is C19H13ClN2O2S. The highest BCUT2D eigenvalue weighted by Crippen LogP contribution is 2.35. The summed E-state index contributed by atoms with van der Waals surface area (Å²) in [5.41, 5.74) is 2.76. The predicted molar refractivity (Wildman–Crippen MR) is 101 cm³/mol. The lowest BCUT2D eigenvalue weighted by molar-refractivity contribution is 0.102. The van der Waals surface area contributed by atoms with Crippen LogP contribution in [0, 0.1) is 6.92 Å². The maximum absolute atomic E-state index is 12.5. The van der Waals surface area contributed by atoms with E-state index in [-0.39, 0.29) is 11.8 Å². The van der Waals surface area contributed by atoms with Gasteiger partial charge in [0.15, 0.2) is 0 Å². The average Bonchev–Trinajstić information content (AvgIpc) is 3.21. The number of aromatic nitrogens is 1. The Morgan fingerprint density at radius 2 is 1.92 bits per heavy atom. The highest BCUT2D eigenvalue weighted by Gasteiger charge is 2.18. The molecule has 0 saturated carbocycles. The van der Waals surface area contributed by atoms with Gasteiger partial charge in [-0.2, -0.15) is 0 Å². The largest absolute Gasteiger partial charge is 0.338 e. The fourth-order valence-corrected chi connectivity index (χ4v) is 3.94. The second-order valence-corrected chi connectivity index (χ2v) is 7.07. The molecular weight excluding hydrogens is 356 g/mol. The SMILES string of the molecule is Cc1ccc(-c2cc(NC(=O)c3sc4ccccc4c3Cl)on2)cc1. The van der Waals surface area contributed by atoms with E-state index in [0.717, 1.165) is 15.6 Å². The highest BCUT2D eigenvalue weighted by molar-refractivity contribution is 7.21. The Hall–Kier alpha value is -2.63. The normalized spacial score (nSPS) is 11.0. The first-order valence-electron chi connectivity index (χ1n) is 7.64. The van der Waals surface area contributed by atoms with E-state index in [1.807, 2.05) is 55.5 Å². The van der Waals surface area contributed by atoms with Crippen LogP contribution in [-0.2, 0) is 0 Å². The summed E-state index contributed by atoms with van der Waals surface area (Å²) >= 11 is 7.69. The van der Waals surface area contributed by atoms with Crippen LogP contribution < -0.4 is 5.32 Å². The molecule has 25 heavy (non-hydrogen) atoms. The van der Waals surface area contributed by atoms with Gasteiger partial charge in [-0.05, 0) is 13.0 Å². The van der Waals surface area contributed by atoms with Crippen molar-refractivity contribution in [2.24, 2.45) is 0 Å². The van der Waals surface area contributed by atoms with Gasteiger partial charge in [0, 0.05) is 21.7 Å². The van der Waals surface area contributed by atoms with Crippen molar-refractivity contribution in [3.05, 3.63) is 70.1 Å². The zero-order valence-electron chi connectivity index (χ0n) is 13.2. The molecule has 2 aromatic heterocycles. The Balaban J connectivity index is 1.58. The van der Waals surface area contributed by atoms with Crippen LogP contribution in [0.4, 0.5) is 5.88 Å². The smallest absolute Gasteiger partial charge is 0.269 e. The van der Waals surface area contributed by atoms with Crippen LogP contribution in [0.2, 0.25) is 5.02 Å². The van der Waals surface area contributed by atoms with Crippen molar-refractivity contribution in [3.63, 3.8) is 0 Å². The molecule has 4 aromatic rings. The predicted octanol–water partition coefficient (Wildman–Crippen LogP) is 5.77. The summed E-state index contributed by atoms with van der Waals surface area (Å²) in [4.78, 5) is 13.0. The molecule has 0 saturated heterocycles. The molecule has 2 aromatic carbocycles. The number of amides is 1. The van der Waals surface area contributed by atoms with Crippen molar-refractivity contribution in [3.8, 4) is 11.3 Å². The topological polar surface area (TPSA) is 55.1 Å². The van der Waals surface area contributed by atoms with Gasteiger partial charge in [0.1, 0.15) is 10.6 Å². The van der Waals surface area contributed by atoms with E-state index in [2.05, 4.69) is 10.5 Å². The first kappa shape index (κ1) is 15.9. The number of hydrogen-bond donors (Lipinski definition) is 1. The van der Waals surface area contributed by atoms with Crippen LogP contribution in [0.1, 0.15) is 15.2 Å². The van der Waals surface area contributed by atoms with E-state index in [0.29, 0.717) is 15.6 Å². The average molecular weight is 369 g/mol. The van der Waals surface area contributed by atoms with Crippen molar-refractivity contribution in [1.82, 2.24) is 5.16 Å². The van der Waals surface area contributed by atoms with Gasteiger partial charge in [0.05, 0.1) is 5.02 Å². The van der Waals surface area contributed by atoms with E-state index >= 15 is 0 Å². The summed E-state index contributed by atoms with van der Waals surface area (Å²) in [5.74, 6) is -0.0214. The third kappa shape index (κ3) is 3.04. The molecule has 4 nitrogen and oxygen atoms in total. The number of nitrogens with zero attached hydrogens (tertiary/aromatic N) is 1. The van der Waals surface area contributed by atoms with Gasteiger partial charge in [-0.15, -0.1) is 11.3 Å². The molecule has 0 aliphatic heterocycles. The molecule has 1 N–H and O–H groups in total. The molecule has 0 bridgehead atoms. The quantitative estimate of drug-likeness (QED) is 0.499. The van der Waals surface area contributed by atoms with Crippen LogP contribution in [0.25, 0.3) is 21.3 Å². The number of carbonyl (C=O) groups excluding carboxylic acids is 1. The van der Waals surface area contributed by atoms with E-state index in [4.69, 9.17) is 16.1 Å². The maximum atomic E-state index is 12.5. The molecule has 124 valence electrons. The lowest BCUT2D eigenvalue weighted by Gasteiger charge is -1.98. The van der Waals surface area contributed by atoms with Gasteiger partial charge in [0.2, 0.25) is 5.88 Å². The highest BCUT2D eigenvalue weighted by atomic mass is 35.5. The Kier molecular flexibility index (Phi) is 4.03. The first-order chi connectivity index (χ1) is 12.1. The molecule has 6 heteroatoms. The Labute approximate surface area is 153 Å². The van der Waals surface area contributed by atoms with Gasteiger partial charge in [-0.25, -0.2) is 0 Å². The molecule has 0 atom stereocenters. The molecule has 4 rings (SSSR count). The van der Waals surface area contributed by atoms with Crippen molar-refractivity contribution in [2.75, 3.05) is 5.32 Å². The van der Waals surface area contributed by atoms with E-state index in [1.165, 1.54) is 16.9 Å².